The normalized spacial score (nSPS) is 10.1. The topological polar surface area (TPSA) is 51.2 Å². The van der Waals surface area contributed by atoms with E-state index in [0.29, 0.717) is 12.3 Å². The van der Waals surface area contributed by atoms with Gasteiger partial charge in [0.25, 0.3) is 5.91 Å². The van der Waals surface area contributed by atoms with E-state index in [9.17, 15) is 4.79 Å². The summed E-state index contributed by atoms with van der Waals surface area (Å²) in [4.78, 5) is 15.8. The van der Waals surface area contributed by atoms with Crippen LogP contribution in [0.5, 0.6) is 5.75 Å². The van der Waals surface area contributed by atoms with Crippen LogP contribution in [0, 0.1) is 6.92 Å². The third-order valence-corrected chi connectivity index (χ3v) is 3.01. The first-order chi connectivity index (χ1) is 8.70. The minimum absolute atomic E-state index is 0.191. The average molecular weight is 262 g/mol. The van der Waals surface area contributed by atoms with E-state index in [4.69, 9.17) is 4.74 Å². The second kappa shape index (κ2) is 5.64. The van der Waals surface area contributed by atoms with Crippen molar-refractivity contribution in [3.05, 3.63) is 40.3 Å². The zero-order valence-electron chi connectivity index (χ0n) is 10.3. The van der Waals surface area contributed by atoms with Crippen LogP contribution in [-0.2, 0) is 0 Å². The second-order valence-corrected chi connectivity index (χ2v) is 4.46. The van der Waals surface area contributed by atoms with Crippen LogP contribution < -0.4 is 10.1 Å². The Hall–Kier alpha value is -1.88. The number of rotatable bonds is 4. The van der Waals surface area contributed by atoms with Gasteiger partial charge in [-0.05, 0) is 37.6 Å². The van der Waals surface area contributed by atoms with Crippen molar-refractivity contribution in [3.8, 4) is 5.75 Å². The molecule has 1 aromatic carbocycles. The summed E-state index contributed by atoms with van der Waals surface area (Å²) in [5, 5.41) is 4.55. The SMILES string of the molecule is CCOc1ccc(NC(=O)c2cscn2)c(C)c1. The summed E-state index contributed by atoms with van der Waals surface area (Å²) in [6.07, 6.45) is 0. The molecule has 0 atom stereocenters. The molecular weight excluding hydrogens is 248 g/mol. The Morgan fingerprint density at radius 2 is 2.33 bits per heavy atom. The maximum absolute atomic E-state index is 11.8. The van der Waals surface area contributed by atoms with Gasteiger partial charge in [0, 0.05) is 11.1 Å². The molecule has 0 bridgehead atoms. The summed E-state index contributed by atoms with van der Waals surface area (Å²) >= 11 is 1.40. The van der Waals surface area contributed by atoms with Gasteiger partial charge >= 0.3 is 0 Å². The lowest BCUT2D eigenvalue weighted by Gasteiger charge is -2.09. The van der Waals surface area contributed by atoms with E-state index in [-0.39, 0.29) is 5.91 Å². The van der Waals surface area contributed by atoms with Gasteiger partial charge < -0.3 is 10.1 Å². The lowest BCUT2D eigenvalue weighted by atomic mass is 10.2. The first-order valence-corrected chi connectivity index (χ1v) is 6.58. The molecule has 1 aromatic heterocycles. The number of thiazole rings is 1. The molecule has 0 fully saturated rings. The number of carbonyl (C=O) groups excluding carboxylic acids is 1. The van der Waals surface area contributed by atoms with Crippen LogP contribution in [-0.4, -0.2) is 17.5 Å². The number of nitrogens with one attached hydrogen (secondary N) is 1. The zero-order valence-corrected chi connectivity index (χ0v) is 11.1. The van der Waals surface area contributed by atoms with Crippen LogP contribution >= 0.6 is 11.3 Å². The third kappa shape index (κ3) is 2.87. The Labute approximate surface area is 110 Å². The summed E-state index contributed by atoms with van der Waals surface area (Å²) in [5.41, 5.74) is 3.81. The molecule has 0 aliphatic rings. The molecule has 1 heterocycles. The lowest BCUT2D eigenvalue weighted by molar-refractivity contribution is 0.102. The molecule has 1 N–H and O–H groups in total. The second-order valence-electron chi connectivity index (χ2n) is 3.74. The van der Waals surface area contributed by atoms with Crippen molar-refractivity contribution >= 4 is 22.9 Å². The number of benzene rings is 1. The van der Waals surface area contributed by atoms with E-state index in [2.05, 4.69) is 10.3 Å². The number of ether oxygens (including phenoxy) is 1. The summed E-state index contributed by atoms with van der Waals surface area (Å²) < 4.78 is 5.40. The Morgan fingerprint density at radius 3 is 2.94 bits per heavy atom. The van der Waals surface area contributed by atoms with E-state index < -0.39 is 0 Å². The highest BCUT2D eigenvalue weighted by Crippen LogP contribution is 2.21. The summed E-state index contributed by atoms with van der Waals surface area (Å²) in [6.45, 7) is 4.50. The number of hydrogen-bond acceptors (Lipinski definition) is 4. The summed E-state index contributed by atoms with van der Waals surface area (Å²) in [7, 11) is 0. The predicted octanol–water partition coefficient (Wildman–Crippen LogP) is 3.10. The smallest absolute Gasteiger partial charge is 0.275 e. The minimum Gasteiger partial charge on any atom is -0.494 e. The maximum Gasteiger partial charge on any atom is 0.275 e. The van der Waals surface area contributed by atoms with Crippen molar-refractivity contribution in [2.24, 2.45) is 0 Å². The maximum atomic E-state index is 11.8. The molecule has 5 heteroatoms. The van der Waals surface area contributed by atoms with Gasteiger partial charge in [-0.1, -0.05) is 0 Å². The third-order valence-electron chi connectivity index (χ3n) is 2.42. The number of aromatic nitrogens is 1. The Balaban J connectivity index is 2.12. The van der Waals surface area contributed by atoms with Crippen LogP contribution in [0.3, 0.4) is 0 Å². The molecule has 0 aliphatic carbocycles. The molecule has 0 aliphatic heterocycles. The molecule has 94 valence electrons. The standard InChI is InChI=1S/C13H14N2O2S/c1-3-17-10-4-5-11(9(2)6-10)15-13(16)12-7-18-8-14-12/h4-8H,3H2,1-2H3,(H,15,16). The first kappa shape index (κ1) is 12.6. The van der Waals surface area contributed by atoms with Crippen LogP contribution in [0.25, 0.3) is 0 Å². The highest BCUT2D eigenvalue weighted by atomic mass is 32.1. The van der Waals surface area contributed by atoms with Crippen LogP contribution in [0.1, 0.15) is 23.0 Å². The van der Waals surface area contributed by atoms with Gasteiger partial charge in [-0.15, -0.1) is 11.3 Å². The van der Waals surface area contributed by atoms with Crippen molar-refractivity contribution in [2.75, 3.05) is 11.9 Å². The number of hydrogen-bond donors (Lipinski definition) is 1. The van der Waals surface area contributed by atoms with Gasteiger partial charge in [-0.25, -0.2) is 4.98 Å². The van der Waals surface area contributed by atoms with Crippen molar-refractivity contribution in [1.82, 2.24) is 4.98 Å². The number of anilines is 1. The average Bonchev–Trinajstić information content (AvgIpc) is 2.86. The van der Waals surface area contributed by atoms with Gasteiger partial charge in [0.2, 0.25) is 0 Å². The van der Waals surface area contributed by atoms with Crippen LogP contribution in [0.15, 0.2) is 29.1 Å². The van der Waals surface area contributed by atoms with Gasteiger partial charge in [0.1, 0.15) is 11.4 Å². The molecule has 18 heavy (non-hydrogen) atoms. The Bertz CT molecular complexity index is 538. The number of nitrogens with zero attached hydrogens (tertiary/aromatic N) is 1. The van der Waals surface area contributed by atoms with Gasteiger partial charge in [-0.2, -0.15) is 0 Å². The van der Waals surface area contributed by atoms with Crippen molar-refractivity contribution < 1.29 is 9.53 Å². The van der Waals surface area contributed by atoms with E-state index in [1.807, 2.05) is 32.0 Å². The molecule has 2 rings (SSSR count). The fourth-order valence-electron chi connectivity index (χ4n) is 1.54. The predicted molar refractivity (Wildman–Crippen MR) is 72.4 cm³/mol. The monoisotopic (exact) mass is 262 g/mol. The molecule has 0 radical (unpaired) electrons. The molecule has 0 spiro atoms. The van der Waals surface area contributed by atoms with E-state index >= 15 is 0 Å². The molecule has 0 unspecified atom stereocenters. The van der Waals surface area contributed by atoms with E-state index in [1.54, 1.807) is 10.9 Å². The lowest BCUT2D eigenvalue weighted by Crippen LogP contribution is -2.13. The quantitative estimate of drug-likeness (QED) is 0.921. The number of carbonyl (C=O) groups is 1. The number of aryl methyl sites for hydroxylation is 1. The van der Waals surface area contributed by atoms with E-state index in [1.165, 1.54) is 11.3 Å². The molecule has 2 aromatic rings. The van der Waals surface area contributed by atoms with Crippen LogP contribution in [0.4, 0.5) is 5.69 Å². The zero-order chi connectivity index (χ0) is 13.0. The molecule has 1 amide bonds. The fraction of sp³-hybridized carbons (Fsp3) is 0.231. The van der Waals surface area contributed by atoms with Crippen molar-refractivity contribution in [3.63, 3.8) is 0 Å². The Kier molecular flexibility index (Phi) is 3.94. The summed E-state index contributed by atoms with van der Waals surface area (Å²) in [5.74, 6) is 0.616. The van der Waals surface area contributed by atoms with Gasteiger partial charge in [-0.3, -0.25) is 4.79 Å². The highest BCUT2D eigenvalue weighted by Gasteiger charge is 2.09. The molecule has 0 saturated carbocycles. The largest absolute Gasteiger partial charge is 0.494 e. The first-order valence-electron chi connectivity index (χ1n) is 5.63. The van der Waals surface area contributed by atoms with Gasteiger partial charge in [0.15, 0.2) is 0 Å². The highest BCUT2D eigenvalue weighted by molar-refractivity contribution is 7.07. The van der Waals surface area contributed by atoms with E-state index in [0.717, 1.165) is 17.0 Å². The van der Waals surface area contributed by atoms with Crippen molar-refractivity contribution in [2.45, 2.75) is 13.8 Å². The van der Waals surface area contributed by atoms with Crippen LogP contribution in [0.2, 0.25) is 0 Å². The fourth-order valence-corrected chi connectivity index (χ4v) is 2.08. The minimum atomic E-state index is -0.191. The molecule has 0 saturated heterocycles. The summed E-state index contributed by atoms with van der Waals surface area (Å²) in [6, 6.07) is 5.58. The number of amides is 1. The molecular formula is C13H14N2O2S. The Morgan fingerprint density at radius 1 is 1.50 bits per heavy atom. The van der Waals surface area contributed by atoms with Crippen molar-refractivity contribution in [1.29, 1.82) is 0 Å². The van der Waals surface area contributed by atoms with Gasteiger partial charge in [0.05, 0.1) is 12.1 Å². The molecule has 4 nitrogen and oxygen atoms in total.